The smallest absolute Gasteiger partial charge is 0.144 e. The van der Waals surface area contributed by atoms with Crippen molar-refractivity contribution in [3.63, 3.8) is 0 Å². The van der Waals surface area contributed by atoms with Crippen LogP contribution in [0.2, 0.25) is 0 Å². The van der Waals surface area contributed by atoms with Gasteiger partial charge in [-0.05, 0) is 18.2 Å². The highest BCUT2D eigenvalue weighted by molar-refractivity contribution is 5.49. The predicted molar refractivity (Wildman–Crippen MR) is 80.8 cm³/mol. The van der Waals surface area contributed by atoms with Gasteiger partial charge in [0.05, 0.1) is 6.54 Å². The summed E-state index contributed by atoms with van der Waals surface area (Å²) in [6.45, 7) is 4.33. The average molecular weight is 269 g/mol. The van der Waals surface area contributed by atoms with Crippen LogP contribution in [0.1, 0.15) is 5.82 Å². The van der Waals surface area contributed by atoms with Crippen molar-refractivity contribution in [3.05, 3.63) is 48.4 Å². The zero-order valence-electron chi connectivity index (χ0n) is 11.4. The first-order chi connectivity index (χ1) is 9.86. The number of anilines is 2. The number of piperazine rings is 1. The highest BCUT2D eigenvalue weighted by atomic mass is 15.3. The Bertz CT molecular complexity index is 549. The van der Waals surface area contributed by atoms with E-state index in [1.807, 2.05) is 6.07 Å². The first-order valence-corrected chi connectivity index (χ1v) is 6.94. The quantitative estimate of drug-likeness (QED) is 0.909. The van der Waals surface area contributed by atoms with Crippen molar-refractivity contribution < 1.29 is 0 Å². The average Bonchev–Trinajstić information content (AvgIpc) is 2.56. The summed E-state index contributed by atoms with van der Waals surface area (Å²) in [4.78, 5) is 13.3. The summed E-state index contributed by atoms with van der Waals surface area (Å²) in [5.74, 6) is 1.68. The number of benzene rings is 1. The molecule has 1 aliphatic rings. The van der Waals surface area contributed by atoms with E-state index in [1.54, 1.807) is 6.20 Å². The fourth-order valence-corrected chi connectivity index (χ4v) is 2.50. The van der Waals surface area contributed by atoms with Gasteiger partial charge in [-0.3, -0.25) is 0 Å². The lowest BCUT2D eigenvalue weighted by Gasteiger charge is -2.36. The van der Waals surface area contributed by atoms with Gasteiger partial charge in [-0.15, -0.1) is 0 Å². The SMILES string of the molecule is NCc1nccc(N2CCN(c3ccccc3)CC2)n1. The monoisotopic (exact) mass is 269 g/mol. The minimum absolute atomic E-state index is 0.387. The number of para-hydroxylation sites is 1. The molecule has 2 heterocycles. The van der Waals surface area contributed by atoms with Crippen molar-refractivity contribution in [2.45, 2.75) is 6.54 Å². The van der Waals surface area contributed by atoms with E-state index < -0.39 is 0 Å². The molecule has 0 spiro atoms. The lowest BCUT2D eigenvalue weighted by atomic mass is 10.2. The lowest BCUT2D eigenvalue weighted by Crippen LogP contribution is -2.46. The van der Waals surface area contributed by atoms with Crippen molar-refractivity contribution >= 4 is 11.5 Å². The zero-order chi connectivity index (χ0) is 13.8. The van der Waals surface area contributed by atoms with Crippen LogP contribution in [0.5, 0.6) is 0 Å². The molecule has 1 aromatic heterocycles. The standard InChI is InChI=1S/C15H19N5/c16-12-14-17-7-6-15(18-14)20-10-8-19(9-11-20)13-4-2-1-3-5-13/h1-7H,8-12,16H2. The van der Waals surface area contributed by atoms with Gasteiger partial charge in [-0.25, -0.2) is 9.97 Å². The molecule has 0 unspecified atom stereocenters. The maximum atomic E-state index is 5.59. The number of aromatic nitrogens is 2. The molecule has 1 aromatic carbocycles. The number of hydrogen-bond acceptors (Lipinski definition) is 5. The van der Waals surface area contributed by atoms with Gasteiger partial charge in [0.2, 0.25) is 0 Å². The van der Waals surface area contributed by atoms with E-state index in [4.69, 9.17) is 5.73 Å². The third-order valence-electron chi connectivity index (χ3n) is 3.60. The minimum atomic E-state index is 0.387. The maximum absolute atomic E-state index is 5.59. The summed E-state index contributed by atoms with van der Waals surface area (Å²) in [6, 6.07) is 12.5. The largest absolute Gasteiger partial charge is 0.368 e. The van der Waals surface area contributed by atoms with Crippen LogP contribution in [0, 0.1) is 0 Å². The normalized spacial score (nSPS) is 15.4. The minimum Gasteiger partial charge on any atom is -0.368 e. The molecule has 104 valence electrons. The second-order valence-electron chi connectivity index (χ2n) is 4.84. The topological polar surface area (TPSA) is 58.3 Å². The Balaban J connectivity index is 1.66. The predicted octanol–water partition coefficient (Wildman–Crippen LogP) is 1.26. The van der Waals surface area contributed by atoms with Crippen molar-refractivity contribution in [1.29, 1.82) is 0 Å². The van der Waals surface area contributed by atoms with Gasteiger partial charge in [0.15, 0.2) is 0 Å². The van der Waals surface area contributed by atoms with E-state index in [1.165, 1.54) is 5.69 Å². The number of nitrogens with two attached hydrogens (primary N) is 1. The molecule has 1 saturated heterocycles. The van der Waals surface area contributed by atoms with Crippen LogP contribution >= 0.6 is 0 Å². The Morgan fingerprint density at radius 2 is 1.65 bits per heavy atom. The van der Waals surface area contributed by atoms with Crippen LogP contribution in [0.4, 0.5) is 11.5 Å². The Labute approximate surface area is 119 Å². The summed E-state index contributed by atoms with van der Waals surface area (Å²) < 4.78 is 0. The molecule has 0 saturated carbocycles. The zero-order valence-corrected chi connectivity index (χ0v) is 11.4. The van der Waals surface area contributed by atoms with E-state index in [9.17, 15) is 0 Å². The maximum Gasteiger partial charge on any atom is 0.144 e. The van der Waals surface area contributed by atoms with E-state index in [0.29, 0.717) is 12.4 Å². The van der Waals surface area contributed by atoms with E-state index in [-0.39, 0.29) is 0 Å². The Hall–Kier alpha value is -2.14. The Morgan fingerprint density at radius 1 is 0.950 bits per heavy atom. The van der Waals surface area contributed by atoms with Crippen molar-refractivity contribution in [1.82, 2.24) is 9.97 Å². The molecule has 2 N–H and O–H groups in total. The van der Waals surface area contributed by atoms with Crippen LogP contribution in [-0.4, -0.2) is 36.1 Å². The van der Waals surface area contributed by atoms with Gasteiger partial charge in [0.25, 0.3) is 0 Å². The molecule has 0 atom stereocenters. The summed E-state index contributed by atoms with van der Waals surface area (Å²) in [6.07, 6.45) is 1.79. The van der Waals surface area contributed by atoms with Gasteiger partial charge < -0.3 is 15.5 Å². The number of hydrogen-bond donors (Lipinski definition) is 1. The molecule has 0 bridgehead atoms. The molecule has 0 amide bonds. The summed E-state index contributed by atoms with van der Waals surface area (Å²) >= 11 is 0. The summed E-state index contributed by atoms with van der Waals surface area (Å²) in [5, 5.41) is 0. The lowest BCUT2D eigenvalue weighted by molar-refractivity contribution is 0.644. The van der Waals surface area contributed by atoms with Crippen LogP contribution in [-0.2, 0) is 6.54 Å². The Kier molecular flexibility index (Phi) is 3.78. The van der Waals surface area contributed by atoms with Gasteiger partial charge in [0, 0.05) is 38.1 Å². The molecule has 0 radical (unpaired) electrons. The summed E-state index contributed by atoms with van der Waals surface area (Å²) in [7, 11) is 0. The van der Waals surface area contributed by atoms with E-state index in [2.05, 4.69) is 50.1 Å². The van der Waals surface area contributed by atoms with Gasteiger partial charge in [-0.2, -0.15) is 0 Å². The molecule has 1 aliphatic heterocycles. The number of nitrogens with zero attached hydrogens (tertiary/aromatic N) is 4. The molecular weight excluding hydrogens is 250 g/mol. The molecule has 0 aliphatic carbocycles. The molecule has 2 aromatic rings. The van der Waals surface area contributed by atoms with Crippen LogP contribution in [0.15, 0.2) is 42.6 Å². The van der Waals surface area contributed by atoms with Gasteiger partial charge in [-0.1, -0.05) is 18.2 Å². The molecule has 20 heavy (non-hydrogen) atoms. The van der Waals surface area contributed by atoms with Gasteiger partial charge >= 0.3 is 0 Å². The molecule has 3 rings (SSSR count). The second-order valence-corrected chi connectivity index (χ2v) is 4.84. The van der Waals surface area contributed by atoms with Crippen LogP contribution in [0.3, 0.4) is 0 Å². The van der Waals surface area contributed by atoms with E-state index in [0.717, 1.165) is 32.0 Å². The molecule has 5 heteroatoms. The van der Waals surface area contributed by atoms with Crippen molar-refractivity contribution in [2.75, 3.05) is 36.0 Å². The van der Waals surface area contributed by atoms with Crippen molar-refractivity contribution in [3.8, 4) is 0 Å². The van der Waals surface area contributed by atoms with E-state index >= 15 is 0 Å². The second kappa shape index (κ2) is 5.88. The van der Waals surface area contributed by atoms with Crippen LogP contribution in [0.25, 0.3) is 0 Å². The Morgan fingerprint density at radius 3 is 2.35 bits per heavy atom. The molecular formula is C15H19N5. The van der Waals surface area contributed by atoms with Crippen molar-refractivity contribution in [2.24, 2.45) is 5.73 Å². The third-order valence-corrected chi connectivity index (χ3v) is 3.60. The summed E-state index contributed by atoms with van der Waals surface area (Å²) in [5.41, 5.74) is 6.88. The highest BCUT2D eigenvalue weighted by Gasteiger charge is 2.18. The van der Waals surface area contributed by atoms with Gasteiger partial charge in [0.1, 0.15) is 11.6 Å². The highest BCUT2D eigenvalue weighted by Crippen LogP contribution is 2.18. The molecule has 5 nitrogen and oxygen atoms in total. The first kappa shape index (κ1) is 12.9. The number of rotatable bonds is 3. The third kappa shape index (κ3) is 2.72. The molecule has 1 fully saturated rings. The fourth-order valence-electron chi connectivity index (χ4n) is 2.50. The first-order valence-electron chi connectivity index (χ1n) is 6.94. The fraction of sp³-hybridized carbons (Fsp3) is 0.333. The van der Waals surface area contributed by atoms with Crippen LogP contribution < -0.4 is 15.5 Å².